The molecule has 0 aliphatic carbocycles. The second-order valence-electron chi connectivity index (χ2n) is 7.64. The minimum atomic E-state index is -0.323. The summed E-state index contributed by atoms with van der Waals surface area (Å²) in [6, 6.07) is 19.7. The zero-order valence-electron chi connectivity index (χ0n) is 18.1. The fourth-order valence-electron chi connectivity index (χ4n) is 3.02. The van der Waals surface area contributed by atoms with Crippen LogP contribution in [0.15, 0.2) is 66.7 Å². The van der Waals surface area contributed by atoms with Gasteiger partial charge in [-0.25, -0.2) is 0 Å². The Bertz CT molecular complexity index is 1120. The Labute approximate surface area is 182 Å². The summed E-state index contributed by atoms with van der Waals surface area (Å²) in [6.45, 7) is 3.88. The molecule has 31 heavy (non-hydrogen) atoms. The van der Waals surface area contributed by atoms with E-state index in [1.165, 1.54) is 0 Å². The van der Waals surface area contributed by atoms with E-state index in [-0.39, 0.29) is 11.8 Å². The predicted molar refractivity (Wildman–Crippen MR) is 125 cm³/mol. The zero-order valence-corrected chi connectivity index (χ0v) is 18.1. The minimum absolute atomic E-state index is 0.294. The summed E-state index contributed by atoms with van der Waals surface area (Å²) >= 11 is 0. The first-order valence-corrected chi connectivity index (χ1v) is 9.91. The van der Waals surface area contributed by atoms with Gasteiger partial charge in [0.15, 0.2) is 0 Å². The molecule has 6 heteroatoms. The number of nitrogens with zero attached hydrogens (tertiary/aromatic N) is 1. The third-order valence-corrected chi connectivity index (χ3v) is 4.85. The topological polar surface area (TPSA) is 85.3 Å². The maximum absolute atomic E-state index is 12.9. The van der Waals surface area contributed by atoms with Gasteiger partial charge >= 0.3 is 0 Å². The number of rotatable bonds is 5. The lowest BCUT2D eigenvalue weighted by molar-refractivity contribution is 0.102. The molecule has 0 bridgehead atoms. The maximum atomic E-state index is 12.9. The monoisotopic (exact) mass is 414 g/mol. The Morgan fingerprint density at radius 2 is 1.32 bits per heavy atom. The smallest absolute Gasteiger partial charge is 0.257 e. The zero-order chi connectivity index (χ0) is 22.5. The molecule has 0 unspecified atom stereocenters. The molecule has 0 aliphatic heterocycles. The number of amidine groups is 1. The number of anilines is 2. The first-order chi connectivity index (χ1) is 14.7. The molecule has 0 atom stereocenters. The average molecular weight is 415 g/mol. The largest absolute Gasteiger partial charge is 0.363 e. The highest BCUT2D eigenvalue weighted by atomic mass is 16.2. The summed E-state index contributed by atoms with van der Waals surface area (Å²) in [7, 11) is 3.59. The summed E-state index contributed by atoms with van der Waals surface area (Å²) in [5, 5.41) is 13.7. The SMILES string of the molecule is Cc1ccc(NC(=O)c2cc(C)ccc2NC(=O)c2ccc(C(=N)N(C)C)cc2)cc1. The Balaban J connectivity index is 1.80. The van der Waals surface area contributed by atoms with Gasteiger partial charge in [0.2, 0.25) is 0 Å². The van der Waals surface area contributed by atoms with Crippen molar-refractivity contribution in [1.29, 1.82) is 5.41 Å². The van der Waals surface area contributed by atoms with E-state index in [1.54, 1.807) is 55.4 Å². The fraction of sp³-hybridized carbons (Fsp3) is 0.160. The first-order valence-electron chi connectivity index (χ1n) is 9.91. The predicted octanol–water partition coefficient (Wildman–Crippen LogP) is 4.70. The summed E-state index contributed by atoms with van der Waals surface area (Å²) < 4.78 is 0. The fourth-order valence-corrected chi connectivity index (χ4v) is 3.02. The molecule has 3 rings (SSSR count). The average Bonchev–Trinajstić information content (AvgIpc) is 2.76. The number of carbonyl (C=O) groups excluding carboxylic acids is 2. The Morgan fingerprint density at radius 3 is 1.94 bits per heavy atom. The van der Waals surface area contributed by atoms with Crippen molar-refractivity contribution in [3.8, 4) is 0 Å². The third kappa shape index (κ3) is 5.36. The molecule has 3 aromatic rings. The van der Waals surface area contributed by atoms with Crippen molar-refractivity contribution in [3.05, 3.63) is 94.5 Å². The molecular formula is C25H26N4O2. The Hall–Kier alpha value is -3.93. The number of hydrogen-bond donors (Lipinski definition) is 3. The van der Waals surface area contributed by atoms with Crippen molar-refractivity contribution in [1.82, 2.24) is 4.90 Å². The molecule has 0 aliphatic rings. The summed E-state index contributed by atoms with van der Waals surface area (Å²) in [5.74, 6) is -0.255. The van der Waals surface area contributed by atoms with Crippen molar-refractivity contribution < 1.29 is 9.59 Å². The van der Waals surface area contributed by atoms with Gasteiger partial charge in [0.1, 0.15) is 5.84 Å². The second kappa shape index (κ2) is 9.26. The van der Waals surface area contributed by atoms with Crippen LogP contribution in [0, 0.1) is 19.3 Å². The van der Waals surface area contributed by atoms with E-state index in [4.69, 9.17) is 5.41 Å². The van der Waals surface area contributed by atoms with Gasteiger partial charge < -0.3 is 15.5 Å². The lowest BCUT2D eigenvalue weighted by Crippen LogP contribution is -2.22. The Kier molecular flexibility index (Phi) is 6.50. The van der Waals surface area contributed by atoms with Crippen LogP contribution in [0.4, 0.5) is 11.4 Å². The second-order valence-corrected chi connectivity index (χ2v) is 7.64. The maximum Gasteiger partial charge on any atom is 0.257 e. The van der Waals surface area contributed by atoms with E-state index in [1.807, 2.05) is 44.2 Å². The molecule has 2 amide bonds. The standard InChI is InChI=1S/C25H26N4O2/c1-16-5-12-20(13-6-16)27-25(31)21-15-17(2)7-14-22(21)28-24(30)19-10-8-18(9-11-19)23(26)29(3)4/h5-15,26H,1-4H3,(H,27,31)(H,28,30). The van der Waals surface area contributed by atoms with Crippen LogP contribution in [0.1, 0.15) is 37.4 Å². The van der Waals surface area contributed by atoms with Gasteiger partial charge in [-0.1, -0.05) is 41.5 Å². The van der Waals surface area contributed by atoms with Gasteiger partial charge in [0, 0.05) is 30.9 Å². The highest BCUT2D eigenvalue weighted by Crippen LogP contribution is 2.21. The van der Waals surface area contributed by atoms with Gasteiger partial charge in [-0.05, 0) is 50.2 Å². The number of amides is 2. The Morgan fingerprint density at radius 1 is 0.742 bits per heavy atom. The normalized spacial score (nSPS) is 10.3. The van der Waals surface area contributed by atoms with Crippen LogP contribution in [0.5, 0.6) is 0 Å². The summed E-state index contributed by atoms with van der Waals surface area (Å²) in [5.41, 5.74) is 4.70. The van der Waals surface area contributed by atoms with E-state index >= 15 is 0 Å². The molecular weight excluding hydrogens is 388 g/mol. The third-order valence-electron chi connectivity index (χ3n) is 4.85. The molecule has 0 fully saturated rings. The molecule has 3 N–H and O–H groups in total. The van der Waals surface area contributed by atoms with E-state index < -0.39 is 0 Å². The number of aryl methyl sites for hydroxylation is 2. The summed E-state index contributed by atoms with van der Waals surface area (Å²) in [6.07, 6.45) is 0. The highest BCUT2D eigenvalue weighted by Gasteiger charge is 2.16. The van der Waals surface area contributed by atoms with Crippen molar-refractivity contribution in [3.63, 3.8) is 0 Å². The van der Waals surface area contributed by atoms with Gasteiger partial charge in [0.05, 0.1) is 11.3 Å². The number of carbonyl (C=O) groups is 2. The quantitative estimate of drug-likeness (QED) is 0.418. The highest BCUT2D eigenvalue weighted by molar-refractivity contribution is 6.12. The lowest BCUT2D eigenvalue weighted by Gasteiger charge is -2.15. The number of nitrogens with one attached hydrogen (secondary N) is 3. The molecule has 0 heterocycles. The molecule has 0 aromatic heterocycles. The summed E-state index contributed by atoms with van der Waals surface area (Å²) in [4.78, 5) is 27.4. The van der Waals surface area contributed by atoms with Crippen LogP contribution in [-0.4, -0.2) is 36.6 Å². The van der Waals surface area contributed by atoms with E-state index in [0.717, 1.165) is 16.7 Å². The van der Waals surface area contributed by atoms with Crippen molar-refractivity contribution >= 4 is 29.0 Å². The lowest BCUT2D eigenvalue weighted by atomic mass is 10.1. The number of hydrogen-bond acceptors (Lipinski definition) is 3. The molecule has 0 radical (unpaired) electrons. The molecule has 0 spiro atoms. The van der Waals surface area contributed by atoms with E-state index in [0.29, 0.717) is 28.3 Å². The van der Waals surface area contributed by atoms with Crippen molar-refractivity contribution in [2.75, 3.05) is 24.7 Å². The minimum Gasteiger partial charge on any atom is -0.363 e. The first kappa shape index (κ1) is 21.8. The molecule has 0 saturated carbocycles. The van der Waals surface area contributed by atoms with Crippen LogP contribution in [0.2, 0.25) is 0 Å². The van der Waals surface area contributed by atoms with Crippen LogP contribution in [0.3, 0.4) is 0 Å². The van der Waals surface area contributed by atoms with Crippen LogP contribution < -0.4 is 10.6 Å². The van der Waals surface area contributed by atoms with Crippen LogP contribution >= 0.6 is 0 Å². The van der Waals surface area contributed by atoms with Crippen LogP contribution in [-0.2, 0) is 0 Å². The van der Waals surface area contributed by atoms with Crippen molar-refractivity contribution in [2.24, 2.45) is 0 Å². The number of benzene rings is 3. The van der Waals surface area contributed by atoms with E-state index in [9.17, 15) is 9.59 Å². The molecule has 0 saturated heterocycles. The molecule has 6 nitrogen and oxygen atoms in total. The van der Waals surface area contributed by atoms with Crippen molar-refractivity contribution in [2.45, 2.75) is 13.8 Å². The molecule has 158 valence electrons. The van der Waals surface area contributed by atoms with Gasteiger partial charge in [0.25, 0.3) is 11.8 Å². The molecule has 3 aromatic carbocycles. The van der Waals surface area contributed by atoms with Gasteiger partial charge in [-0.15, -0.1) is 0 Å². The van der Waals surface area contributed by atoms with E-state index in [2.05, 4.69) is 10.6 Å². The van der Waals surface area contributed by atoms with Crippen LogP contribution in [0.25, 0.3) is 0 Å². The van der Waals surface area contributed by atoms with Gasteiger partial charge in [-0.3, -0.25) is 15.0 Å². The van der Waals surface area contributed by atoms with Gasteiger partial charge in [-0.2, -0.15) is 0 Å².